The molecule has 0 unspecified atom stereocenters. The molecule has 1 aromatic carbocycles. The van der Waals surface area contributed by atoms with Gasteiger partial charge >= 0.3 is 0 Å². The molecule has 8 heteroatoms. The third-order valence-corrected chi connectivity index (χ3v) is 4.46. The first-order valence-electron chi connectivity index (χ1n) is 8.87. The van der Waals surface area contributed by atoms with Crippen molar-refractivity contribution in [3.8, 4) is 11.3 Å². The van der Waals surface area contributed by atoms with Gasteiger partial charge in [0, 0.05) is 50.2 Å². The van der Waals surface area contributed by atoms with E-state index in [9.17, 15) is 0 Å². The standard InChI is InChI=1S/C19H21N7O/c20-18(25-9-11-26(12-10-25)19-21-7-4-8-22-19)23-14-16-13-17(24-27-16)15-5-2-1-3-6-15/h1-8,13H,9-12,14H2,(H2,20,23). The molecule has 0 bridgehead atoms. The van der Waals surface area contributed by atoms with E-state index < -0.39 is 0 Å². The molecule has 0 radical (unpaired) electrons. The van der Waals surface area contributed by atoms with Gasteiger partial charge in [-0.2, -0.15) is 0 Å². The Morgan fingerprint density at radius 2 is 1.78 bits per heavy atom. The summed E-state index contributed by atoms with van der Waals surface area (Å²) in [7, 11) is 0. The number of nitrogens with zero attached hydrogens (tertiary/aromatic N) is 6. The highest BCUT2D eigenvalue weighted by atomic mass is 16.5. The molecule has 8 nitrogen and oxygen atoms in total. The van der Waals surface area contributed by atoms with Crippen molar-refractivity contribution in [2.75, 3.05) is 31.1 Å². The van der Waals surface area contributed by atoms with E-state index in [-0.39, 0.29) is 0 Å². The maximum atomic E-state index is 6.16. The lowest BCUT2D eigenvalue weighted by Crippen LogP contribution is -2.51. The number of anilines is 1. The van der Waals surface area contributed by atoms with Crippen LogP contribution in [0.3, 0.4) is 0 Å². The Bertz CT molecular complexity index is 887. The normalized spacial score (nSPS) is 15.2. The number of hydrogen-bond donors (Lipinski definition) is 1. The number of hydrogen-bond acceptors (Lipinski definition) is 6. The fraction of sp³-hybridized carbons (Fsp3) is 0.263. The average molecular weight is 363 g/mol. The van der Waals surface area contributed by atoms with Crippen LogP contribution in [0.2, 0.25) is 0 Å². The van der Waals surface area contributed by atoms with Gasteiger partial charge in [0.05, 0.1) is 0 Å². The molecule has 1 fully saturated rings. The highest BCUT2D eigenvalue weighted by molar-refractivity contribution is 5.78. The largest absolute Gasteiger partial charge is 0.370 e. The van der Waals surface area contributed by atoms with Crippen LogP contribution in [0.4, 0.5) is 5.95 Å². The summed E-state index contributed by atoms with van der Waals surface area (Å²) in [5, 5.41) is 4.10. The zero-order valence-electron chi connectivity index (χ0n) is 14.9. The second-order valence-corrected chi connectivity index (χ2v) is 6.24. The van der Waals surface area contributed by atoms with Crippen LogP contribution in [0.1, 0.15) is 5.76 Å². The molecular weight excluding hydrogens is 342 g/mol. The Morgan fingerprint density at radius 1 is 1.04 bits per heavy atom. The highest BCUT2D eigenvalue weighted by Gasteiger charge is 2.20. The van der Waals surface area contributed by atoms with E-state index in [4.69, 9.17) is 10.3 Å². The number of piperazine rings is 1. The number of aliphatic imine (C=N–C) groups is 1. The Balaban J connectivity index is 1.33. The first kappa shape index (κ1) is 17.0. The lowest BCUT2D eigenvalue weighted by atomic mass is 10.1. The number of nitrogens with two attached hydrogens (primary N) is 1. The van der Waals surface area contributed by atoms with Crippen molar-refractivity contribution in [2.24, 2.45) is 10.7 Å². The van der Waals surface area contributed by atoms with Gasteiger partial charge < -0.3 is 20.1 Å². The molecule has 0 aliphatic carbocycles. The van der Waals surface area contributed by atoms with Crippen LogP contribution in [0.15, 0.2) is 64.4 Å². The van der Waals surface area contributed by atoms with Gasteiger partial charge in [-0.25, -0.2) is 15.0 Å². The van der Waals surface area contributed by atoms with E-state index in [0.717, 1.165) is 43.4 Å². The molecule has 2 aromatic heterocycles. The van der Waals surface area contributed by atoms with Gasteiger partial charge in [0.1, 0.15) is 12.2 Å². The number of aromatic nitrogens is 3. The van der Waals surface area contributed by atoms with Crippen molar-refractivity contribution in [1.29, 1.82) is 0 Å². The molecule has 2 N–H and O–H groups in total. The van der Waals surface area contributed by atoms with Crippen molar-refractivity contribution in [2.45, 2.75) is 6.54 Å². The average Bonchev–Trinajstić information content (AvgIpc) is 3.22. The minimum absolute atomic E-state index is 0.369. The van der Waals surface area contributed by atoms with Gasteiger partial charge in [-0.05, 0) is 6.07 Å². The highest BCUT2D eigenvalue weighted by Crippen LogP contribution is 2.19. The second-order valence-electron chi connectivity index (χ2n) is 6.24. The van der Waals surface area contributed by atoms with Crippen molar-refractivity contribution < 1.29 is 4.52 Å². The SMILES string of the molecule is NC(=NCc1cc(-c2ccccc2)no1)N1CCN(c2ncccn2)CC1. The molecular formula is C19H21N7O. The third-order valence-electron chi connectivity index (χ3n) is 4.46. The van der Waals surface area contributed by atoms with Crippen molar-refractivity contribution in [3.05, 3.63) is 60.6 Å². The Morgan fingerprint density at radius 3 is 2.52 bits per heavy atom. The molecule has 3 aromatic rings. The lowest BCUT2D eigenvalue weighted by Gasteiger charge is -2.35. The quantitative estimate of drug-likeness (QED) is 0.557. The predicted octanol–water partition coefficient (Wildman–Crippen LogP) is 1.77. The third kappa shape index (κ3) is 4.05. The van der Waals surface area contributed by atoms with Gasteiger partial charge in [-0.15, -0.1) is 0 Å². The number of rotatable bonds is 4. The second kappa shape index (κ2) is 7.86. The predicted molar refractivity (Wildman–Crippen MR) is 103 cm³/mol. The maximum Gasteiger partial charge on any atom is 0.225 e. The zero-order chi connectivity index (χ0) is 18.5. The summed E-state index contributed by atoms with van der Waals surface area (Å²) in [5.41, 5.74) is 7.98. The van der Waals surface area contributed by atoms with E-state index >= 15 is 0 Å². The van der Waals surface area contributed by atoms with E-state index in [1.54, 1.807) is 12.4 Å². The summed E-state index contributed by atoms with van der Waals surface area (Å²) in [6.45, 7) is 3.54. The van der Waals surface area contributed by atoms with Crippen molar-refractivity contribution >= 4 is 11.9 Å². The molecule has 3 heterocycles. The molecule has 27 heavy (non-hydrogen) atoms. The van der Waals surface area contributed by atoms with Gasteiger partial charge in [-0.3, -0.25) is 0 Å². The molecule has 4 rings (SSSR count). The van der Waals surface area contributed by atoms with E-state index in [1.807, 2.05) is 42.5 Å². The maximum absolute atomic E-state index is 6.16. The van der Waals surface area contributed by atoms with Gasteiger partial charge in [0.15, 0.2) is 11.7 Å². The fourth-order valence-corrected chi connectivity index (χ4v) is 2.98. The summed E-state index contributed by atoms with van der Waals surface area (Å²) in [6, 6.07) is 13.6. The molecule has 1 aliphatic rings. The first-order chi connectivity index (χ1) is 13.3. The Hall–Kier alpha value is -3.42. The smallest absolute Gasteiger partial charge is 0.225 e. The molecule has 138 valence electrons. The summed E-state index contributed by atoms with van der Waals surface area (Å²) >= 11 is 0. The molecule has 0 spiro atoms. The molecule has 0 atom stereocenters. The minimum atomic E-state index is 0.369. The Labute approximate surface area is 157 Å². The van der Waals surface area contributed by atoms with Gasteiger partial charge in [-0.1, -0.05) is 35.5 Å². The number of benzene rings is 1. The van der Waals surface area contributed by atoms with E-state index in [1.165, 1.54) is 0 Å². The van der Waals surface area contributed by atoms with Crippen LogP contribution in [0.5, 0.6) is 0 Å². The summed E-state index contributed by atoms with van der Waals surface area (Å²) < 4.78 is 5.38. The summed E-state index contributed by atoms with van der Waals surface area (Å²) in [6.07, 6.45) is 3.51. The summed E-state index contributed by atoms with van der Waals surface area (Å²) in [4.78, 5) is 17.3. The minimum Gasteiger partial charge on any atom is -0.370 e. The Kier molecular flexibility index (Phi) is 4.95. The zero-order valence-corrected chi connectivity index (χ0v) is 14.9. The van der Waals surface area contributed by atoms with Crippen molar-refractivity contribution in [1.82, 2.24) is 20.0 Å². The first-order valence-corrected chi connectivity index (χ1v) is 8.87. The van der Waals surface area contributed by atoms with Crippen LogP contribution in [-0.2, 0) is 6.54 Å². The monoisotopic (exact) mass is 363 g/mol. The summed E-state index contributed by atoms with van der Waals surface area (Å²) in [5.74, 6) is 1.96. The van der Waals surface area contributed by atoms with E-state index in [2.05, 4.69) is 29.9 Å². The topological polar surface area (TPSA) is 96.7 Å². The molecule has 0 amide bonds. The van der Waals surface area contributed by atoms with Gasteiger partial charge in [0.25, 0.3) is 0 Å². The van der Waals surface area contributed by atoms with Crippen molar-refractivity contribution in [3.63, 3.8) is 0 Å². The molecule has 1 aliphatic heterocycles. The van der Waals surface area contributed by atoms with E-state index in [0.29, 0.717) is 18.3 Å². The number of guanidine groups is 1. The van der Waals surface area contributed by atoms with Crippen LogP contribution < -0.4 is 10.6 Å². The van der Waals surface area contributed by atoms with Gasteiger partial charge in [0.2, 0.25) is 5.95 Å². The lowest BCUT2D eigenvalue weighted by molar-refractivity contribution is 0.371. The molecule has 0 saturated carbocycles. The fourth-order valence-electron chi connectivity index (χ4n) is 2.98. The van der Waals surface area contributed by atoms with Crippen LogP contribution in [-0.4, -0.2) is 52.2 Å². The van der Waals surface area contributed by atoms with Crippen LogP contribution >= 0.6 is 0 Å². The molecule has 1 saturated heterocycles. The van der Waals surface area contributed by atoms with Crippen LogP contribution in [0.25, 0.3) is 11.3 Å². The van der Waals surface area contributed by atoms with Crippen LogP contribution in [0, 0.1) is 0 Å².